The van der Waals surface area contributed by atoms with E-state index in [0.717, 1.165) is 17.1 Å². The zero-order chi connectivity index (χ0) is 29.7. The van der Waals surface area contributed by atoms with Crippen molar-refractivity contribution in [1.82, 2.24) is 0 Å². The molecule has 0 saturated carbocycles. The van der Waals surface area contributed by atoms with Gasteiger partial charge >= 0.3 is 0 Å². The first kappa shape index (κ1) is 26.2. The second kappa shape index (κ2) is 10.7. The van der Waals surface area contributed by atoms with Gasteiger partial charge in [0.1, 0.15) is 0 Å². The van der Waals surface area contributed by atoms with E-state index in [0.29, 0.717) is 0 Å². The fourth-order valence-corrected chi connectivity index (χ4v) is 8.69. The molecule has 9 aromatic rings. The molecule has 0 aliphatic carbocycles. The largest absolute Gasteiger partial charge is 0.310 e. The fraction of sp³-hybridized carbons (Fsp3) is 0. The standard InChI is InChI=1S/C42H27NS2/c1-2-10-28(11-3-1)29-18-20-30(21-19-29)33-12-4-7-15-38(33)43(31-22-24-41-36(26-31)34-13-5-8-16-39(34)44-41)32-23-25-42-37(27-32)35-14-6-9-17-40(35)45-42/h1-27H. The lowest BCUT2D eigenvalue weighted by atomic mass is 9.98. The second-order valence-corrected chi connectivity index (χ2v) is 13.5. The molecule has 2 heterocycles. The van der Waals surface area contributed by atoms with E-state index in [1.807, 2.05) is 22.7 Å². The van der Waals surface area contributed by atoms with E-state index in [2.05, 4.69) is 169 Å². The van der Waals surface area contributed by atoms with Gasteiger partial charge in [-0.15, -0.1) is 22.7 Å². The van der Waals surface area contributed by atoms with Gasteiger partial charge in [0, 0.05) is 57.3 Å². The lowest BCUT2D eigenvalue weighted by molar-refractivity contribution is 1.30. The van der Waals surface area contributed by atoms with Crippen molar-refractivity contribution in [2.45, 2.75) is 0 Å². The van der Waals surface area contributed by atoms with Gasteiger partial charge in [0.05, 0.1) is 5.69 Å². The second-order valence-electron chi connectivity index (χ2n) is 11.4. The number of hydrogen-bond acceptors (Lipinski definition) is 3. The number of thiophene rings is 2. The smallest absolute Gasteiger partial charge is 0.0540 e. The predicted molar refractivity (Wildman–Crippen MR) is 198 cm³/mol. The van der Waals surface area contributed by atoms with Crippen LogP contribution in [0.2, 0.25) is 0 Å². The monoisotopic (exact) mass is 609 g/mol. The van der Waals surface area contributed by atoms with E-state index >= 15 is 0 Å². The Labute approximate surface area is 269 Å². The molecule has 0 amide bonds. The quantitative estimate of drug-likeness (QED) is 0.188. The molecule has 3 heteroatoms. The number of fused-ring (bicyclic) bond motifs is 6. The van der Waals surface area contributed by atoms with E-state index in [1.54, 1.807) is 0 Å². The van der Waals surface area contributed by atoms with Crippen LogP contribution in [0.4, 0.5) is 17.1 Å². The van der Waals surface area contributed by atoms with E-state index in [9.17, 15) is 0 Å². The van der Waals surface area contributed by atoms with Crippen molar-refractivity contribution in [3.05, 3.63) is 164 Å². The zero-order valence-electron chi connectivity index (χ0n) is 24.4. The van der Waals surface area contributed by atoms with Crippen LogP contribution in [-0.2, 0) is 0 Å². The Hall–Kier alpha value is -5.22. The molecule has 0 unspecified atom stereocenters. The first-order valence-electron chi connectivity index (χ1n) is 15.2. The van der Waals surface area contributed by atoms with Crippen LogP contribution in [0.15, 0.2) is 164 Å². The summed E-state index contributed by atoms with van der Waals surface area (Å²) in [5, 5.41) is 5.21. The average Bonchev–Trinajstić information content (AvgIpc) is 3.67. The third-order valence-electron chi connectivity index (χ3n) is 8.68. The topological polar surface area (TPSA) is 3.24 Å². The highest BCUT2D eigenvalue weighted by molar-refractivity contribution is 7.26. The SMILES string of the molecule is c1ccc(-c2ccc(-c3ccccc3N(c3ccc4sc5ccccc5c4c3)c3ccc4sc5ccccc5c4c3)cc2)cc1. The van der Waals surface area contributed by atoms with Gasteiger partial charge in [-0.3, -0.25) is 0 Å². The van der Waals surface area contributed by atoms with Gasteiger partial charge in [-0.25, -0.2) is 0 Å². The summed E-state index contributed by atoms with van der Waals surface area (Å²) in [6, 6.07) is 59.7. The zero-order valence-corrected chi connectivity index (χ0v) is 26.0. The third kappa shape index (κ3) is 4.52. The Balaban J connectivity index is 1.26. The summed E-state index contributed by atoms with van der Waals surface area (Å²) in [5.41, 5.74) is 8.30. The van der Waals surface area contributed by atoms with Crippen molar-refractivity contribution in [3.8, 4) is 22.3 Å². The normalized spacial score (nSPS) is 11.6. The molecule has 7 aromatic carbocycles. The molecule has 0 saturated heterocycles. The highest BCUT2D eigenvalue weighted by Crippen LogP contribution is 2.45. The lowest BCUT2D eigenvalue weighted by Gasteiger charge is -2.28. The van der Waals surface area contributed by atoms with Crippen LogP contribution in [0.1, 0.15) is 0 Å². The molecule has 9 rings (SSSR count). The van der Waals surface area contributed by atoms with Gasteiger partial charge in [0.25, 0.3) is 0 Å². The number of hydrogen-bond donors (Lipinski definition) is 0. The molecule has 0 radical (unpaired) electrons. The summed E-state index contributed by atoms with van der Waals surface area (Å²) in [6.07, 6.45) is 0. The minimum atomic E-state index is 1.15. The molecular formula is C42H27NS2. The number of anilines is 3. The van der Waals surface area contributed by atoms with Gasteiger partial charge in [0.15, 0.2) is 0 Å². The first-order valence-corrected chi connectivity index (χ1v) is 16.8. The van der Waals surface area contributed by atoms with Crippen molar-refractivity contribution in [2.24, 2.45) is 0 Å². The Morgan fingerprint density at radius 1 is 0.333 bits per heavy atom. The highest BCUT2D eigenvalue weighted by Gasteiger charge is 2.19. The van der Waals surface area contributed by atoms with Crippen LogP contribution in [0.5, 0.6) is 0 Å². The molecule has 0 fully saturated rings. The van der Waals surface area contributed by atoms with Crippen LogP contribution in [0, 0.1) is 0 Å². The third-order valence-corrected chi connectivity index (χ3v) is 11.0. The number of rotatable bonds is 5. The van der Waals surface area contributed by atoms with Gasteiger partial charge in [-0.1, -0.05) is 109 Å². The molecule has 0 N–H and O–H groups in total. The van der Waals surface area contributed by atoms with Gasteiger partial charge in [0.2, 0.25) is 0 Å². The number of para-hydroxylation sites is 1. The van der Waals surface area contributed by atoms with Crippen molar-refractivity contribution in [3.63, 3.8) is 0 Å². The van der Waals surface area contributed by atoms with Gasteiger partial charge in [-0.2, -0.15) is 0 Å². The van der Waals surface area contributed by atoms with Crippen LogP contribution in [0.25, 0.3) is 62.6 Å². The minimum Gasteiger partial charge on any atom is -0.310 e. The molecule has 0 bridgehead atoms. The Morgan fingerprint density at radius 3 is 1.42 bits per heavy atom. The van der Waals surface area contributed by atoms with Crippen molar-refractivity contribution in [2.75, 3.05) is 4.90 Å². The maximum atomic E-state index is 2.44. The Kier molecular flexibility index (Phi) is 6.26. The first-order chi connectivity index (χ1) is 22.3. The predicted octanol–water partition coefficient (Wildman–Crippen LogP) is 13.2. The number of nitrogens with zero attached hydrogens (tertiary/aromatic N) is 1. The van der Waals surface area contributed by atoms with Crippen molar-refractivity contribution in [1.29, 1.82) is 0 Å². The number of benzene rings is 7. The summed E-state index contributed by atoms with van der Waals surface area (Å²) in [4.78, 5) is 2.44. The molecule has 1 nitrogen and oxygen atoms in total. The molecule has 2 aromatic heterocycles. The van der Waals surface area contributed by atoms with E-state index < -0.39 is 0 Å². The Morgan fingerprint density at radius 2 is 0.800 bits per heavy atom. The van der Waals surface area contributed by atoms with Crippen molar-refractivity contribution >= 4 is 80.1 Å². The van der Waals surface area contributed by atoms with Crippen molar-refractivity contribution < 1.29 is 0 Å². The van der Waals surface area contributed by atoms with E-state index in [4.69, 9.17) is 0 Å². The highest BCUT2D eigenvalue weighted by atomic mass is 32.1. The van der Waals surface area contributed by atoms with Crippen LogP contribution in [-0.4, -0.2) is 0 Å². The average molecular weight is 610 g/mol. The lowest BCUT2D eigenvalue weighted by Crippen LogP contribution is -2.11. The van der Waals surface area contributed by atoms with E-state index in [-0.39, 0.29) is 0 Å². The van der Waals surface area contributed by atoms with E-state index in [1.165, 1.54) is 62.6 Å². The summed E-state index contributed by atoms with van der Waals surface area (Å²) >= 11 is 3.72. The molecule has 45 heavy (non-hydrogen) atoms. The summed E-state index contributed by atoms with van der Waals surface area (Å²) in [7, 11) is 0. The molecule has 0 atom stereocenters. The summed E-state index contributed by atoms with van der Waals surface area (Å²) < 4.78 is 5.26. The van der Waals surface area contributed by atoms with Crippen LogP contribution in [0.3, 0.4) is 0 Å². The molecular weight excluding hydrogens is 583 g/mol. The molecule has 212 valence electrons. The van der Waals surface area contributed by atoms with Gasteiger partial charge < -0.3 is 4.90 Å². The summed E-state index contributed by atoms with van der Waals surface area (Å²) in [5.74, 6) is 0. The Bertz CT molecular complexity index is 2370. The fourth-order valence-electron chi connectivity index (χ4n) is 6.52. The molecule has 0 aliphatic heterocycles. The minimum absolute atomic E-state index is 1.15. The van der Waals surface area contributed by atoms with Gasteiger partial charge in [-0.05, 0) is 71.3 Å². The summed E-state index contributed by atoms with van der Waals surface area (Å²) in [6.45, 7) is 0. The maximum Gasteiger partial charge on any atom is 0.0540 e. The van der Waals surface area contributed by atoms with Crippen LogP contribution < -0.4 is 4.90 Å². The maximum absolute atomic E-state index is 2.44. The molecule has 0 spiro atoms. The molecule has 0 aliphatic rings. The van der Waals surface area contributed by atoms with Crippen LogP contribution >= 0.6 is 22.7 Å².